The minimum atomic E-state index is 0.325. The highest BCUT2D eigenvalue weighted by molar-refractivity contribution is 8.04. The second-order valence-corrected chi connectivity index (χ2v) is 5.77. The van der Waals surface area contributed by atoms with Gasteiger partial charge in [0.25, 0.3) is 0 Å². The van der Waals surface area contributed by atoms with Gasteiger partial charge in [-0.1, -0.05) is 29.4 Å². The Hall–Kier alpha value is -0.760. The molecule has 0 heterocycles. The predicted molar refractivity (Wildman–Crippen MR) is 77.2 cm³/mol. The van der Waals surface area contributed by atoms with Gasteiger partial charge < -0.3 is 0 Å². The molecule has 0 unspecified atom stereocenters. The first-order valence-electron chi connectivity index (χ1n) is 6.24. The number of Topliss-reactive ketones (excluding diaryl/α,β-unsaturated/α-hetero) is 1. The minimum Gasteiger partial charge on any atom is -0.294 e. The normalized spacial score (nSPS) is 16.1. The molecule has 0 bridgehead atoms. The Morgan fingerprint density at radius 2 is 2.12 bits per heavy atom. The van der Waals surface area contributed by atoms with Crippen LogP contribution >= 0.6 is 11.8 Å². The average molecular weight is 250 g/mol. The van der Waals surface area contributed by atoms with Gasteiger partial charge in [-0.05, 0) is 40.0 Å². The molecular weight excluding hydrogens is 228 g/mol. The monoisotopic (exact) mass is 250 g/mol. The van der Waals surface area contributed by atoms with E-state index in [1.165, 1.54) is 11.1 Å². The molecule has 1 rings (SSSR count). The van der Waals surface area contributed by atoms with E-state index in [1.54, 1.807) is 11.8 Å². The van der Waals surface area contributed by atoms with Gasteiger partial charge in [-0.2, -0.15) is 0 Å². The van der Waals surface area contributed by atoms with Crippen LogP contribution in [-0.4, -0.2) is 11.5 Å². The Labute approximate surface area is 109 Å². The molecule has 1 nitrogen and oxygen atoms in total. The van der Waals surface area contributed by atoms with Crippen LogP contribution in [0, 0.1) is 0 Å². The fourth-order valence-corrected chi connectivity index (χ4v) is 2.72. The second-order valence-electron chi connectivity index (χ2n) is 4.71. The van der Waals surface area contributed by atoms with E-state index in [2.05, 4.69) is 39.0 Å². The van der Waals surface area contributed by atoms with Crippen molar-refractivity contribution >= 4 is 17.5 Å². The number of hydrogen-bond acceptors (Lipinski definition) is 2. The molecule has 0 N–H and O–H groups in total. The van der Waals surface area contributed by atoms with E-state index in [4.69, 9.17) is 0 Å². The summed E-state index contributed by atoms with van der Waals surface area (Å²) in [6.45, 7) is 6.43. The van der Waals surface area contributed by atoms with Gasteiger partial charge in [-0.15, -0.1) is 11.8 Å². The highest BCUT2D eigenvalue weighted by Gasteiger charge is 2.14. The standard InChI is InChI=1S/C15H22OS/c1-12(2)6-4-7-13(3)10-11-17-15-9-5-8-14(15)16/h6,9-10H,4-5,7-8,11H2,1-3H3/b13-10+. The van der Waals surface area contributed by atoms with Gasteiger partial charge in [-0.3, -0.25) is 4.79 Å². The molecule has 0 fully saturated rings. The summed E-state index contributed by atoms with van der Waals surface area (Å²) in [6.07, 6.45) is 10.5. The molecule has 1 aliphatic carbocycles. The number of hydrogen-bond donors (Lipinski definition) is 0. The lowest BCUT2D eigenvalue weighted by Gasteiger charge is -2.00. The molecule has 2 heteroatoms. The number of allylic oxidation sites excluding steroid dienone is 5. The maximum absolute atomic E-state index is 11.4. The van der Waals surface area contributed by atoms with Crippen molar-refractivity contribution in [2.24, 2.45) is 0 Å². The third-order valence-electron chi connectivity index (χ3n) is 2.74. The molecule has 17 heavy (non-hydrogen) atoms. The quantitative estimate of drug-likeness (QED) is 0.638. The smallest absolute Gasteiger partial charge is 0.169 e. The molecule has 0 saturated heterocycles. The third kappa shape index (κ3) is 5.92. The van der Waals surface area contributed by atoms with Crippen molar-refractivity contribution in [3.8, 4) is 0 Å². The summed E-state index contributed by atoms with van der Waals surface area (Å²) < 4.78 is 0. The Bertz CT molecular complexity index is 357. The summed E-state index contributed by atoms with van der Waals surface area (Å²) in [5, 5.41) is 0. The fourth-order valence-electron chi connectivity index (χ4n) is 1.68. The van der Waals surface area contributed by atoms with Crippen molar-refractivity contribution < 1.29 is 4.79 Å². The Morgan fingerprint density at radius 1 is 1.35 bits per heavy atom. The molecular formula is C15H22OS. The van der Waals surface area contributed by atoms with Crippen LogP contribution in [0.15, 0.2) is 34.3 Å². The van der Waals surface area contributed by atoms with E-state index in [-0.39, 0.29) is 0 Å². The van der Waals surface area contributed by atoms with Crippen LogP contribution in [0.25, 0.3) is 0 Å². The summed E-state index contributed by atoms with van der Waals surface area (Å²) in [4.78, 5) is 12.4. The summed E-state index contributed by atoms with van der Waals surface area (Å²) in [6, 6.07) is 0. The molecule has 0 spiro atoms. The first-order valence-corrected chi connectivity index (χ1v) is 7.23. The molecule has 0 aromatic rings. The van der Waals surface area contributed by atoms with Crippen molar-refractivity contribution in [1.82, 2.24) is 0 Å². The van der Waals surface area contributed by atoms with Crippen molar-refractivity contribution in [2.75, 3.05) is 5.75 Å². The summed E-state index contributed by atoms with van der Waals surface area (Å²) in [5.74, 6) is 1.25. The molecule has 0 aromatic heterocycles. The van der Waals surface area contributed by atoms with E-state index in [9.17, 15) is 4.79 Å². The van der Waals surface area contributed by atoms with Crippen LogP contribution < -0.4 is 0 Å². The fraction of sp³-hybridized carbons (Fsp3) is 0.533. The van der Waals surface area contributed by atoms with Gasteiger partial charge in [0.05, 0.1) is 0 Å². The van der Waals surface area contributed by atoms with Crippen LogP contribution in [0.1, 0.15) is 46.5 Å². The first-order chi connectivity index (χ1) is 8.09. The van der Waals surface area contributed by atoms with Crippen LogP contribution in [0.4, 0.5) is 0 Å². The van der Waals surface area contributed by atoms with E-state index < -0.39 is 0 Å². The minimum absolute atomic E-state index is 0.325. The molecule has 0 amide bonds. The van der Waals surface area contributed by atoms with E-state index in [0.717, 1.165) is 29.9 Å². The third-order valence-corrected chi connectivity index (χ3v) is 3.78. The SMILES string of the molecule is CC(C)=CCC/C(C)=C/CSC1=CCCC1=O. The molecule has 0 aliphatic heterocycles. The molecule has 1 aliphatic rings. The highest BCUT2D eigenvalue weighted by Crippen LogP contribution is 2.25. The second kappa shape index (κ2) is 7.54. The van der Waals surface area contributed by atoms with Crippen molar-refractivity contribution in [3.63, 3.8) is 0 Å². The number of thioether (sulfide) groups is 1. The Morgan fingerprint density at radius 3 is 2.71 bits per heavy atom. The first kappa shape index (κ1) is 14.3. The maximum Gasteiger partial charge on any atom is 0.169 e. The van der Waals surface area contributed by atoms with Crippen molar-refractivity contribution in [1.29, 1.82) is 0 Å². The zero-order chi connectivity index (χ0) is 12.7. The lowest BCUT2D eigenvalue weighted by molar-refractivity contribution is -0.114. The van der Waals surface area contributed by atoms with E-state index in [0.29, 0.717) is 12.2 Å². The lowest BCUT2D eigenvalue weighted by atomic mass is 10.1. The topological polar surface area (TPSA) is 17.1 Å². The largest absolute Gasteiger partial charge is 0.294 e. The van der Waals surface area contributed by atoms with Gasteiger partial charge in [0.1, 0.15) is 0 Å². The highest BCUT2D eigenvalue weighted by atomic mass is 32.2. The number of ketones is 1. The summed E-state index contributed by atoms with van der Waals surface area (Å²) in [5.41, 5.74) is 2.80. The van der Waals surface area contributed by atoms with E-state index >= 15 is 0 Å². The molecule has 0 saturated carbocycles. The summed E-state index contributed by atoms with van der Waals surface area (Å²) in [7, 11) is 0. The van der Waals surface area contributed by atoms with Gasteiger partial charge in [0.15, 0.2) is 5.78 Å². The zero-order valence-electron chi connectivity index (χ0n) is 11.1. The van der Waals surface area contributed by atoms with Gasteiger partial charge in [-0.25, -0.2) is 0 Å². The van der Waals surface area contributed by atoms with Crippen molar-refractivity contribution in [2.45, 2.75) is 46.5 Å². The Balaban J connectivity index is 2.24. The molecule has 0 aromatic carbocycles. The number of rotatable bonds is 6. The van der Waals surface area contributed by atoms with Crippen LogP contribution in [0.3, 0.4) is 0 Å². The van der Waals surface area contributed by atoms with Crippen molar-refractivity contribution in [3.05, 3.63) is 34.3 Å². The molecule has 0 radical (unpaired) electrons. The van der Waals surface area contributed by atoms with E-state index in [1.807, 2.05) is 0 Å². The van der Waals surface area contributed by atoms with Crippen LogP contribution in [-0.2, 0) is 4.79 Å². The number of carbonyl (C=O) groups is 1. The average Bonchev–Trinajstić information content (AvgIpc) is 2.64. The van der Waals surface area contributed by atoms with Crippen LogP contribution in [0.2, 0.25) is 0 Å². The van der Waals surface area contributed by atoms with Gasteiger partial charge in [0.2, 0.25) is 0 Å². The van der Waals surface area contributed by atoms with Gasteiger partial charge >= 0.3 is 0 Å². The number of carbonyl (C=O) groups excluding carboxylic acids is 1. The predicted octanol–water partition coefficient (Wildman–Crippen LogP) is 4.66. The summed E-state index contributed by atoms with van der Waals surface area (Å²) >= 11 is 1.68. The Kier molecular flexibility index (Phi) is 6.35. The zero-order valence-corrected chi connectivity index (χ0v) is 11.9. The van der Waals surface area contributed by atoms with Gasteiger partial charge in [0, 0.05) is 17.1 Å². The maximum atomic E-state index is 11.4. The molecule has 94 valence electrons. The lowest BCUT2D eigenvalue weighted by Crippen LogP contribution is -1.92. The van der Waals surface area contributed by atoms with Crippen LogP contribution in [0.5, 0.6) is 0 Å². The molecule has 0 atom stereocenters.